The Morgan fingerprint density at radius 1 is 1.67 bits per heavy atom. The van der Waals surface area contributed by atoms with E-state index in [1.54, 1.807) is 0 Å². The molecule has 0 aliphatic carbocycles. The van der Waals surface area contributed by atoms with Crippen LogP contribution in [0, 0.1) is 0 Å². The standard InChI is InChI=1S/C8H8FNO2/c9-8(11)6-4-7-5(10-6)2-1-3-12-7/h4,10H,1-3H2. The molecule has 0 amide bonds. The average molecular weight is 169 g/mol. The van der Waals surface area contributed by atoms with E-state index in [9.17, 15) is 9.18 Å². The second-order valence-corrected chi connectivity index (χ2v) is 2.75. The number of rotatable bonds is 1. The van der Waals surface area contributed by atoms with Gasteiger partial charge in [-0.1, -0.05) is 0 Å². The highest BCUT2D eigenvalue weighted by Gasteiger charge is 2.16. The van der Waals surface area contributed by atoms with Crippen LogP contribution < -0.4 is 4.74 Å². The number of nitrogens with one attached hydrogen (secondary N) is 1. The molecule has 0 aromatic carbocycles. The Morgan fingerprint density at radius 2 is 2.50 bits per heavy atom. The van der Waals surface area contributed by atoms with Gasteiger partial charge in [-0.15, -0.1) is 0 Å². The third-order valence-electron chi connectivity index (χ3n) is 1.90. The van der Waals surface area contributed by atoms with Crippen molar-refractivity contribution in [2.24, 2.45) is 0 Å². The lowest BCUT2D eigenvalue weighted by molar-refractivity contribution is 0.0830. The lowest BCUT2D eigenvalue weighted by Crippen LogP contribution is -2.06. The molecule has 0 atom stereocenters. The monoisotopic (exact) mass is 169 g/mol. The first-order chi connectivity index (χ1) is 5.77. The maximum atomic E-state index is 12.2. The molecule has 0 radical (unpaired) electrons. The lowest BCUT2D eigenvalue weighted by atomic mass is 10.2. The summed E-state index contributed by atoms with van der Waals surface area (Å²) in [6.45, 7) is 0.644. The Hall–Kier alpha value is -1.32. The molecule has 1 aliphatic rings. The second kappa shape index (κ2) is 2.62. The Bertz CT molecular complexity index is 295. The van der Waals surface area contributed by atoms with Crippen LogP contribution in [0.25, 0.3) is 0 Å². The lowest BCUT2D eigenvalue weighted by Gasteiger charge is -2.11. The molecule has 2 heterocycles. The van der Waals surface area contributed by atoms with E-state index in [0.29, 0.717) is 12.4 Å². The van der Waals surface area contributed by atoms with Gasteiger partial charge in [-0.3, -0.25) is 4.79 Å². The summed E-state index contributed by atoms with van der Waals surface area (Å²) >= 11 is 0. The first-order valence-corrected chi connectivity index (χ1v) is 3.82. The molecule has 0 fully saturated rings. The molecule has 0 unspecified atom stereocenters. The topological polar surface area (TPSA) is 42.1 Å². The van der Waals surface area contributed by atoms with E-state index in [-0.39, 0.29) is 5.69 Å². The molecule has 3 nitrogen and oxygen atoms in total. The van der Waals surface area contributed by atoms with Gasteiger partial charge in [-0.05, 0) is 12.8 Å². The SMILES string of the molecule is O=C(F)c1cc2c([nH]1)CCCO2. The number of carbonyl (C=O) groups excluding carboxylic acids is 1. The summed E-state index contributed by atoms with van der Waals surface area (Å²) in [5.41, 5.74) is 0.809. The van der Waals surface area contributed by atoms with Crippen LogP contribution >= 0.6 is 0 Å². The molecular weight excluding hydrogens is 161 g/mol. The fraction of sp³-hybridized carbons (Fsp3) is 0.375. The first-order valence-electron chi connectivity index (χ1n) is 3.82. The highest BCUT2D eigenvalue weighted by molar-refractivity contribution is 5.87. The van der Waals surface area contributed by atoms with Crippen molar-refractivity contribution in [1.29, 1.82) is 0 Å². The minimum Gasteiger partial charge on any atom is -0.492 e. The van der Waals surface area contributed by atoms with Gasteiger partial charge in [0, 0.05) is 6.07 Å². The number of hydrogen-bond acceptors (Lipinski definition) is 2. The van der Waals surface area contributed by atoms with E-state index in [1.807, 2.05) is 0 Å². The summed E-state index contributed by atoms with van der Waals surface area (Å²) in [5.74, 6) is 0.613. The van der Waals surface area contributed by atoms with Gasteiger partial charge in [-0.25, -0.2) is 0 Å². The zero-order valence-corrected chi connectivity index (χ0v) is 6.39. The summed E-state index contributed by atoms with van der Waals surface area (Å²) in [4.78, 5) is 13.0. The molecule has 0 bridgehead atoms. The Morgan fingerprint density at radius 3 is 3.17 bits per heavy atom. The third kappa shape index (κ3) is 1.09. The summed E-state index contributed by atoms with van der Waals surface area (Å²) in [7, 11) is 0. The van der Waals surface area contributed by atoms with E-state index in [2.05, 4.69) is 4.98 Å². The predicted octanol–water partition coefficient (Wildman–Crippen LogP) is 1.45. The largest absolute Gasteiger partial charge is 0.492 e. The number of H-pyrrole nitrogens is 1. The number of fused-ring (bicyclic) bond motifs is 1. The molecule has 1 N–H and O–H groups in total. The molecule has 4 heteroatoms. The Labute approximate surface area is 68.5 Å². The molecule has 2 rings (SSSR count). The van der Waals surface area contributed by atoms with Gasteiger partial charge < -0.3 is 9.72 Å². The van der Waals surface area contributed by atoms with E-state index >= 15 is 0 Å². The van der Waals surface area contributed by atoms with E-state index in [4.69, 9.17) is 4.74 Å². The summed E-state index contributed by atoms with van der Waals surface area (Å²) in [6.07, 6.45) is 1.73. The maximum Gasteiger partial charge on any atom is 0.348 e. The fourth-order valence-corrected chi connectivity index (χ4v) is 1.33. The minimum atomic E-state index is -1.44. The fourth-order valence-electron chi connectivity index (χ4n) is 1.33. The number of ether oxygens (including phenoxy) is 1. The van der Waals surface area contributed by atoms with Gasteiger partial charge >= 0.3 is 6.04 Å². The van der Waals surface area contributed by atoms with Gasteiger partial charge in [0.15, 0.2) is 0 Å². The van der Waals surface area contributed by atoms with Crippen molar-refractivity contribution in [3.63, 3.8) is 0 Å². The predicted molar refractivity (Wildman–Crippen MR) is 40.0 cm³/mol. The van der Waals surface area contributed by atoms with Crippen LogP contribution in [0.3, 0.4) is 0 Å². The third-order valence-corrected chi connectivity index (χ3v) is 1.90. The van der Waals surface area contributed by atoms with E-state index in [0.717, 1.165) is 18.5 Å². The van der Waals surface area contributed by atoms with E-state index in [1.165, 1.54) is 6.07 Å². The molecule has 64 valence electrons. The van der Waals surface area contributed by atoms with Gasteiger partial charge in [0.05, 0.1) is 12.3 Å². The van der Waals surface area contributed by atoms with Crippen molar-refractivity contribution in [2.75, 3.05) is 6.61 Å². The number of hydrogen-bond donors (Lipinski definition) is 1. The van der Waals surface area contributed by atoms with Crippen LogP contribution in [0.1, 0.15) is 22.6 Å². The smallest absolute Gasteiger partial charge is 0.348 e. The molecule has 0 saturated heterocycles. The molecule has 1 aromatic heterocycles. The van der Waals surface area contributed by atoms with Gasteiger partial charge in [0.1, 0.15) is 11.4 Å². The van der Waals surface area contributed by atoms with Crippen LogP contribution in [0.15, 0.2) is 6.07 Å². The van der Waals surface area contributed by atoms with Crippen LogP contribution in [0.4, 0.5) is 4.39 Å². The number of aromatic nitrogens is 1. The normalized spacial score (nSPS) is 15.1. The van der Waals surface area contributed by atoms with Crippen LogP contribution in [0.2, 0.25) is 0 Å². The highest BCUT2D eigenvalue weighted by Crippen LogP contribution is 2.25. The zero-order chi connectivity index (χ0) is 8.55. The van der Waals surface area contributed by atoms with Crippen LogP contribution in [-0.2, 0) is 6.42 Å². The van der Waals surface area contributed by atoms with Crippen molar-refractivity contribution in [2.45, 2.75) is 12.8 Å². The van der Waals surface area contributed by atoms with Crippen molar-refractivity contribution >= 4 is 6.04 Å². The number of aromatic amines is 1. The Kier molecular flexibility index (Phi) is 1.60. The van der Waals surface area contributed by atoms with Crippen LogP contribution in [0.5, 0.6) is 5.75 Å². The molecule has 12 heavy (non-hydrogen) atoms. The molecule has 1 aromatic rings. The maximum absolute atomic E-state index is 12.2. The average Bonchev–Trinajstić information content (AvgIpc) is 2.46. The Balaban J connectivity index is 2.38. The quantitative estimate of drug-likeness (QED) is 0.646. The number of carbonyl (C=O) groups is 1. The molecule has 1 aliphatic heterocycles. The van der Waals surface area contributed by atoms with Crippen molar-refractivity contribution < 1.29 is 13.9 Å². The van der Waals surface area contributed by atoms with Crippen molar-refractivity contribution in [3.05, 3.63) is 17.5 Å². The summed E-state index contributed by atoms with van der Waals surface area (Å²) in [5, 5.41) is 0. The molecule has 0 saturated carbocycles. The summed E-state index contributed by atoms with van der Waals surface area (Å²) in [6, 6.07) is -0.0235. The first kappa shape index (κ1) is 7.34. The van der Waals surface area contributed by atoms with Crippen molar-refractivity contribution in [1.82, 2.24) is 4.98 Å². The van der Waals surface area contributed by atoms with E-state index < -0.39 is 6.04 Å². The summed E-state index contributed by atoms with van der Waals surface area (Å²) < 4.78 is 17.4. The van der Waals surface area contributed by atoms with Gasteiger partial charge in [0.25, 0.3) is 0 Å². The highest BCUT2D eigenvalue weighted by atomic mass is 19.1. The van der Waals surface area contributed by atoms with Gasteiger partial charge in [-0.2, -0.15) is 4.39 Å². The number of aryl methyl sites for hydroxylation is 1. The molecular formula is C8H8FNO2. The minimum absolute atomic E-state index is 0.0121. The van der Waals surface area contributed by atoms with Gasteiger partial charge in [0.2, 0.25) is 0 Å². The molecule has 0 spiro atoms. The zero-order valence-electron chi connectivity index (χ0n) is 6.39. The van der Waals surface area contributed by atoms with Crippen LogP contribution in [-0.4, -0.2) is 17.6 Å². The van der Waals surface area contributed by atoms with Crippen molar-refractivity contribution in [3.8, 4) is 5.75 Å². The second-order valence-electron chi connectivity index (χ2n) is 2.75. The number of halogens is 1.